The van der Waals surface area contributed by atoms with E-state index >= 15 is 4.39 Å². The highest BCUT2D eigenvalue weighted by Gasteiger charge is 2.42. The molecular weight excluding hydrogens is 421 g/mol. The molecule has 0 saturated carbocycles. The standard InChI is InChI=1S/C22H26FN3O6/c1-5-13-10-25(9-12(2)30-13)17-14(20-28-6-7-29-20)8-15-18(16(17)23)32-24-19(15)26-11-22(3,4)31-21(26)27/h5,8,12-13,20H,1,6-7,9-11H2,2-4H3. The van der Waals surface area contributed by atoms with Crippen LogP contribution in [0.3, 0.4) is 0 Å². The molecule has 0 spiro atoms. The van der Waals surface area contributed by atoms with Gasteiger partial charge < -0.3 is 28.4 Å². The Hall–Kier alpha value is -2.69. The first-order valence-electron chi connectivity index (χ1n) is 10.7. The first kappa shape index (κ1) is 21.2. The van der Waals surface area contributed by atoms with Gasteiger partial charge in [0.15, 0.2) is 17.9 Å². The summed E-state index contributed by atoms with van der Waals surface area (Å²) in [7, 11) is 0. The van der Waals surface area contributed by atoms with E-state index in [0.29, 0.717) is 42.9 Å². The Morgan fingerprint density at radius 3 is 2.69 bits per heavy atom. The van der Waals surface area contributed by atoms with Gasteiger partial charge >= 0.3 is 6.09 Å². The molecule has 5 rings (SSSR count). The lowest BCUT2D eigenvalue weighted by Gasteiger charge is -2.38. The molecule has 0 N–H and O–H groups in total. The summed E-state index contributed by atoms with van der Waals surface area (Å²) < 4.78 is 44.1. The van der Waals surface area contributed by atoms with E-state index in [0.717, 1.165) is 0 Å². The van der Waals surface area contributed by atoms with E-state index in [2.05, 4.69) is 11.7 Å². The van der Waals surface area contributed by atoms with Gasteiger partial charge in [0.1, 0.15) is 5.60 Å². The van der Waals surface area contributed by atoms with Crippen LogP contribution >= 0.6 is 0 Å². The van der Waals surface area contributed by atoms with Gasteiger partial charge in [-0.15, -0.1) is 6.58 Å². The van der Waals surface area contributed by atoms with Crippen molar-refractivity contribution in [2.24, 2.45) is 0 Å². The number of anilines is 2. The maximum Gasteiger partial charge on any atom is 0.416 e. The van der Waals surface area contributed by atoms with E-state index in [-0.39, 0.29) is 30.2 Å². The topological polar surface area (TPSA) is 86.5 Å². The summed E-state index contributed by atoms with van der Waals surface area (Å²) in [5, 5.41) is 4.38. The highest BCUT2D eigenvalue weighted by Crippen LogP contribution is 2.42. The van der Waals surface area contributed by atoms with Crippen LogP contribution in [-0.4, -0.2) is 61.9 Å². The van der Waals surface area contributed by atoms with Crippen LogP contribution in [0.5, 0.6) is 0 Å². The largest absolute Gasteiger partial charge is 0.441 e. The maximum absolute atomic E-state index is 16.0. The van der Waals surface area contributed by atoms with Crippen molar-refractivity contribution in [2.75, 3.05) is 42.6 Å². The summed E-state index contributed by atoms with van der Waals surface area (Å²) in [4.78, 5) is 15.7. The number of benzene rings is 1. The number of carbonyl (C=O) groups excluding carboxylic acids is 1. The van der Waals surface area contributed by atoms with Crippen molar-refractivity contribution in [2.45, 2.75) is 44.9 Å². The van der Waals surface area contributed by atoms with Crippen LogP contribution in [0.2, 0.25) is 0 Å². The highest BCUT2D eigenvalue weighted by atomic mass is 19.1. The number of cyclic esters (lactones) is 1. The van der Waals surface area contributed by atoms with Crippen LogP contribution < -0.4 is 9.80 Å². The number of hydrogen-bond acceptors (Lipinski definition) is 8. The van der Waals surface area contributed by atoms with Crippen LogP contribution in [0.1, 0.15) is 32.6 Å². The Morgan fingerprint density at radius 1 is 1.28 bits per heavy atom. The van der Waals surface area contributed by atoms with Crippen LogP contribution in [-0.2, 0) is 18.9 Å². The van der Waals surface area contributed by atoms with E-state index < -0.39 is 23.8 Å². The Balaban J connectivity index is 1.64. The molecule has 2 unspecified atom stereocenters. The van der Waals surface area contributed by atoms with E-state index in [1.54, 1.807) is 26.0 Å². The number of hydrogen-bond donors (Lipinski definition) is 0. The van der Waals surface area contributed by atoms with Gasteiger partial charge in [-0.3, -0.25) is 4.90 Å². The first-order chi connectivity index (χ1) is 15.3. The fraction of sp³-hybridized carbons (Fsp3) is 0.545. The maximum atomic E-state index is 16.0. The van der Waals surface area contributed by atoms with E-state index in [4.69, 9.17) is 23.5 Å². The molecular formula is C22H26FN3O6. The third-order valence-electron chi connectivity index (χ3n) is 5.81. The van der Waals surface area contributed by atoms with Crippen molar-refractivity contribution < 1.29 is 32.7 Å². The van der Waals surface area contributed by atoms with Crippen molar-refractivity contribution in [3.05, 3.63) is 30.1 Å². The molecule has 3 saturated heterocycles. The third kappa shape index (κ3) is 3.52. The molecule has 1 aromatic heterocycles. The molecule has 9 nitrogen and oxygen atoms in total. The zero-order chi connectivity index (χ0) is 22.6. The second kappa shape index (κ2) is 7.72. The summed E-state index contributed by atoms with van der Waals surface area (Å²) in [5.41, 5.74) is 0.105. The molecule has 1 aromatic carbocycles. The predicted octanol–water partition coefficient (Wildman–Crippen LogP) is 3.53. The summed E-state index contributed by atoms with van der Waals surface area (Å²) in [6, 6.07) is 1.73. The Bertz CT molecular complexity index is 1060. The Kier molecular flexibility index (Phi) is 5.11. The van der Waals surface area contributed by atoms with Crippen molar-refractivity contribution in [1.29, 1.82) is 0 Å². The van der Waals surface area contributed by atoms with Crippen LogP contribution in [0.15, 0.2) is 23.2 Å². The van der Waals surface area contributed by atoms with Crippen LogP contribution in [0.25, 0.3) is 11.0 Å². The second-order valence-electron chi connectivity index (χ2n) is 8.92. The summed E-state index contributed by atoms with van der Waals surface area (Å²) in [6.45, 7) is 11.3. The summed E-state index contributed by atoms with van der Waals surface area (Å²) >= 11 is 0. The van der Waals surface area contributed by atoms with E-state index in [1.807, 2.05) is 11.8 Å². The van der Waals surface area contributed by atoms with E-state index in [1.165, 1.54) is 4.90 Å². The zero-order valence-electron chi connectivity index (χ0n) is 18.3. The van der Waals surface area contributed by atoms with Crippen LogP contribution in [0.4, 0.5) is 20.7 Å². The average Bonchev–Trinajstić information content (AvgIpc) is 3.46. The molecule has 32 heavy (non-hydrogen) atoms. The van der Waals surface area contributed by atoms with Gasteiger partial charge in [-0.1, -0.05) is 11.2 Å². The normalized spacial score (nSPS) is 26.2. The molecule has 10 heteroatoms. The number of halogens is 1. The highest BCUT2D eigenvalue weighted by molar-refractivity contribution is 6.01. The molecule has 3 aliphatic rings. The number of rotatable bonds is 4. The van der Waals surface area contributed by atoms with Crippen molar-refractivity contribution in [3.63, 3.8) is 0 Å². The number of amides is 1. The quantitative estimate of drug-likeness (QED) is 0.658. The lowest BCUT2D eigenvalue weighted by Crippen LogP contribution is -2.46. The average molecular weight is 447 g/mol. The SMILES string of the molecule is C=CC1CN(c2c(C3OCCO3)cc3c(N4CC(C)(C)OC4=O)noc3c2F)CC(C)O1. The van der Waals surface area contributed by atoms with Crippen LogP contribution in [0, 0.1) is 5.82 Å². The lowest BCUT2D eigenvalue weighted by molar-refractivity contribution is -0.0443. The number of ether oxygens (including phenoxy) is 4. The molecule has 1 amide bonds. The van der Waals surface area contributed by atoms with Crippen molar-refractivity contribution >= 4 is 28.6 Å². The minimum atomic E-state index is -0.742. The number of aromatic nitrogens is 1. The predicted molar refractivity (Wildman–Crippen MR) is 113 cm³/mol. The molecule has 3 fully saturated rings. The van der Waals surface area contributed by atoms with Gasteiger partial charge in [0.25, 0.3) is 0 Å². The smallest absolute Gasteiger partial charge is 0.416 e. The van der Waals surface area contributed by atoms with Gasteiger partial charge in [0.05, 0.1) is 43.0 Å². The molecule has 0 bridgehead atoms. The monoisotopic (exact) mass is 447 g/mol. The van der Waals surface area contributed by atoms with E-state index in [9.17, 15) is 4.79 Å². The fourth-order valence-corrected chi connectivity index (χ4v) is 4.50. The van der Waals surface area contributed by atoms with Gasteiger partial charge in [-0.25, -0.2) is 9.18 Å². The molecule has 0 radical (unpaired) electrons. The minimum absolute atomic E-state index is 0.0384. The molecule has 172 valence electrons. The molecule has 3 aliphatic heterocycles. The summed E-state index contributed by atoms with van der Waals surface area (Å²) in [5.74, 6) is -0.376. The molecule has 2 aromatic rings. The molecule has 0 aliphatic carbocycles. The molecule has 4 heterocycles. The number of fused-ring (bicyclic) bond motifs is 1. The van der Waals surface area contributed by atoms with Crippen molar-refractivity contribution in [3.8, 4) is 0 Å². The summed E-state index contributed by atoms with van der Waals surface area (Å²) in [6.07, 6.45) is 0.0228. The number of morpholine rings is 1. The zero-order valence-corrected chi connectivity index (χ0v) is 18.3. The van der Waals surface area contributed by atoms with Gasteiger partial charge in [0.2, 0.25) is 5.58 Å². The fourth-order valence-electron chi connectivity index (χ4n) is 4.50. The minimum Gasteiger partial charge on any atom is -0.441 e. The molecule has 2 atom stereocenters. The first-order valence-corrected chi connectivity index (χ1v) is 10.7. The van der Waals surface area contributed by atoms with Crippen molar-refractivity contribution in [1.82, 2.24) is 5.16 Å². The third-order valence-corrected chi connectivity index (χ3v) is 5.81. The Morgan fingerprint density at radius 2 is 2.03 bits per heavy atom. The number of carbonyl (C=O) groups is 1. The second-order valence-corrected chi connectivity index (χ2v) is 8.92. The Labute approximate surface area is 184 Å². The lowest BCUT2D eigenvalue weighted by atomic mass is 10.0. The van der Waals surface area contributed by atoms with Gasteiger partial charge in [-0.2, -0.15) is 0 Å². The van der Waals surface area contributed by atoms with Gasteiger partial charge in [-0.05, 0) is 26.8 Å². The van der Waals surface area contributed by atoms with Gasteiger partial charge in [0, 0.05) is 18.7 Å². The number of nitrogens with zero attached hydrogens (tertiary/aromatic N) is 3.